The van der Waals surface area contributed by atoms with E-state index in [1.165, 1.54) is 100 Å². The summed E-state index contributed by atoms with van der Waals surface area (Å²) >= 11 is 0. The van der Waals surface area contributed by atoms with E-state index < -0.39 is 0 Å². The lowest BCUT2D eigenvalue weighted by Crippen LogP contribution is -1.86. The van der Waals surface area contributed by atoms with E-state index in [0.717, 1.165) is 19.3 Å². The molecule has 6 aromatic rings. The highest BCUT2D eigenvalue weighted by Gasteiger charge is 2.21. The van der Waals surface area contributed by atoms with Crippen molar-refractivity contribution < 1.29 is 0 Å². The molecule has 0 saturated heterocycles. The third kappa shape index (κ3) is 5.55. The molecule has 3 aliphatic carbocycles. The van der Waals surface area contributed by atoms with Crippen LogP contribution in [-0.2, 0) is 19.3 Å². The Morgan fingerprint density at radius 3 is 1.18 bits per heavy atom. The average molecular weight is 583 g/mol. The first-order valence-electron chi connectivity index (χ1n) is 16.3. The predicted octanol–water partition coefficient (Wildman–Crippen LogP) is 11.6. The lowest BCUT2D eigenvalue weighted by atomic mass is 10.0. The molecule has 0 fully saturated rings. The summed E-state index contributed by atoms with van der Waals surface area (Å²) in [4.78, 5) is 0. The molecule has 0 spiro atoms. The van der Waals surface area contributed by atoms with Gasteiger partial charge in [0.05, 0.1) is 0 Å². The van der Waals surface area contributed by atoms with Gasteiger partial charge in [-0.1, -0.05) is 131 Å². The van der Waals surface area contributed by atoms with Crippen molar-refractivity contribution in [2.45, 2.75) is 60.8 Å². The van der Waals surface area contributed by atoms with Gasteiger partial charge in [0.1, 0.15) is 0 Å². The summed E-state index contributed by atoms with van der Waals surface area (Å²) in [6, 6.07) is 40.3. The summed E-state index contributed by atoms with van der Waals surface area (Å²) in [5.74, 6) is 0. The molecular weight excluding hydrogens is 540 g/mol. The maximum absolute atomic E-state index is 2.31. The van der Waals surface area contributed by atoms with Crippen molar-refractivity contribution in [1.29, 1.82) is 0 Å². The molecule has 6 aromatic carbocycles. The second-order valence-electron chi connectivity index (χ2n) is 13.4. The molecule has 0 saturated carbocycles. The molecule has 45 heavy (non-hydrogen) atoms. The van der Waals surface area contributed by atoms with Crippen LogP contribution in [0.15, 0.2) is 109 Å². The van der Waals surface area contributed by atoms with Crippen molar-refractivity contribution >= 4 is 0 Å². The second-order valence-corrected chi connectivity index (χ2v) is 13.4. The van der Waals surface area contributed by atoms with Crippen molar-refractivity contribution in [3.05, 3.63) is 176 Å². The fraction of sp³-hybridized carbons (Fsp3) is 0.200. The molecule has 0 atom stereocenters. The van der Waals surface area contributed by atoms with Gasteiger partial charge in [-0.2, -0.15) is 0 Å². The first kappa shape index (κ1) is 29.1. The first-order chi connectivity index (χ1) is 21.7. The van der Waals surface area contributed by atoms with Crippen molar-refractivity contribution in [3.63, 3.8) is 0 Å². The molecule has 0 unspecified atom stereocenters. The Morgan fingerprint density at radius 1 is 0.311 bits per heavy atom. The van der Waals surface area contributed by atoms with Gasteiger partial charge in [0.25, 0.3) is 0 Å². The third-order valence-electron chi connectivity index (χ3n) is 9.86. The number of fused-ring (bicyclic) bond motifs is 9. The molecular formula is C45H42. The Balaban J connectivity index is 0.000000108. The largest absolute Gasteiger partial charge is 0.0614 e. The van der Waals surface area contributed by atoms with E-state index in [0.29, 0.717) is 0 Å². The number of aryl methyl sites for hydroxylation is 6. The zero-order valence-corrected chi connectivity index (χ0v) is 27.5. The van der Waals surface area contributed by atoms with Gasteiger partial charge in [0.15, 0.2) is 0 Å². The van der Waals surface area contributed by atoms with E-state index in [1.807, 2.05) is 0 Å². The van der Waals surface area contributed by atoms with Crippen molar-refractivity contribution in [2.24, 2.45) is 0 Å². The number of hydrogen-bond acceptors (Lipinski definition) is 0. The lowest BCUT2D eigenvalue weighted by Gasteiger charge is -2.03. The molecule has 222 valence electrons. The van der Waals surface area contributed by atoms with Gasteiger partial charge < -0.3 is 0 Å². The van der Waals surface area contributed by atoms with E-state index in [4.69, 9.17) is 0 Å². The molecule has 0 bridgehead atoms. The standard InChI is InChI=1S/3C15H14/c1-10-3-5-14-12(7-10)9-13-8-11(2)4-6-15(13)14;1-10-3-5-12-9-13-6-4-11(2)8-15(13)14(12)7-10;1-10-5-3-7-12-13-8-4-6-11(2)15(13)9-14(10)12/h3*3-8H,9H2,1-2H3. The van der Waals surface area contributed by atoms with Crippen LogP contribution in [0, 0.1) is 41.5 Å². The molecule has 0 aromatic heterocycles. The maximum Gasteiger partial charge on any atom is -0.000820 e. The van der Waals surface area contributed by atoms with Crippen LogP contribution in [-0.4, -0.2) is 0 Å². The number of rotatable bonds is 0. The molecule has 3 aliphatic rings. The SMILES string of the molecule is Cc1ccc2c(c1)-c1cc(C)ccc1C2.Cc1ccc2c(c1)Cc1cc(C)ccc1-2.Cc1cccc2c1Cc1c(C)cccc1-2. The Labute approximate surface area is 269 Å². The maximum atomic E-state index is 2.31. The van der Waals surface area contributed by atoms with E-state index in [1.54, 1.807) is 0 Å². The summed E-state index contributed by atoms with van der Waals surface area (Å²) in [5, 5.41) is 0. The highest BCUT2D eigenvalue weighted by molar-refractivity contribution is 5.80. The summed E-state index contributed by atoms with van der Waals surface area (Å²) in [5.41, 5.74) is 25.8. The van der Waals surface area contributed by atoms with Crippen molar-refractivity contribution in [3.8, 4) is 33.4 Å². The van der Waals surface area contributed by atoms with Gasteiger partial charge in [-0.3, -0.25) is 0 Å². The second kappa shape index (κ2) is 11.7. The third-order valence-corrected chi connectivity index (χ3v) is 9.86. The Bertz CT molecular complexity index is 1940. The van der Waals surface area contributed by atoms with E-state index >= 15 is 0 Å². The summed E-state index contributed by atoms with van der Waals surface area (Å²) in [6.45, 7) is 13.1. The van der Waals surface area contributed by atoms with Gasteiger partial charge >= 0.3 is 0 Å². The molecule has 0 nitrogen and oxygen atoms in total. The summed E-state index contributed by atoms with van der Waals surface area (Å²) in [6.07, 6.45) is 3.32. The highest BCUT2D eigenvalue weighted by Crippen LogP contribution is 2.40. The van der Waals surface area contributed by atoms with Gasteiger partial charge in [-0.15, -0.1) is 0 Å². The monoisotopic (exact) mass is 582 g/mol. The van der Waals surface area contributed by atoms with Crippen molar-refractivity contribution in [2.75, 3.05) is 0 Å². The number of hydrogen-bond donors (Lipinski definition) is 0. The lowest BCUT2D eigenvalue weighted by molar-refractivity contribution is 1.19. The minimum atomic E-state index is 1.10. The minimum Gasteiger partial charge on any atom is -0.0614 e. The fourth-order valence-corrected chi connectivity index (χ4v) is 7.42. The molecule has 0 radical (unpaired) electrons. The molecule has 0 aliphatic heterocycles. The van der Waals surface area contributed by atoms with Crippen LogP contribution in [0.25, 0.3) is 33.4 Å². The van der Waals surface area contributed by atoms with Gasteiger partial charge in [-0.05, 0) is 139 Å². The smallest absolute Gasteiger partial charge is 0.000820 e. The van der Waals surface area contributed by atoms with Crippen LogP contribution < -0.4 is 0 Å². The van der Waals surface area contributed by atoms with Crippen LogP contribution in [0.1, 0.15) is 66.8 Å². The van der Waals surface area contributed by atoms with Crippen LogP contribution >= 0.6 is 0 Å². The van der Waals surface area contributed by atoms with Gasteiger partial charge in [0.2, 0.25) is 0 Å². The molecule has 0 N–H and O–H groups in total. The van der Waals surface area contributed by atoms with Crippen LogP contribution in [0.2, 0.25) is 0 Å². The summed E-state index contributed by atoms with van der Waals surface area (Å²) in [7, 11) is 0. The minimum absolute atomic E-state index is 1.10. The Hall–Kier alpha value is -4.68. The molecule has 9 rings (SSSR count). The quantitative estimate of drug-likeness (QED) is 0.167. The number of benzene rings is 6. The Kier molecular flexibility index (Phi) is 7.54. The topological polar surface area (TPSA) is 0 Å². The van der Waals surface area contributed by atoms with E-state index in [2.05, 4.69) is 151 Å². The highest BCUT2D eigenvalue weighted by atomic mass is 14.2. The first-order valence-corrected chi connectivity index (χ1v) is 16.3. The fourth-order valence-electron chi connectivity index (χ4n) is 7.42. The Morgan fingerprint density at radius 2 is 0.711 bits per heavy atom. The van der Waals surface area contributed by atoms with E-state index in [9.17, 15) is 0 Å². The molecule has 0 heterocycles. The van der Waals surface area contributed by atoms with Crippen LogP contribution in [0.4, 0.5) is 0 Å². The zero-order valence-electron chi connectivity index (χ0n) is 27.5. The van der Waals surface area contributed by atoms with Crippen LogP contribution in [0.5, 0.6) is 0 Å². The predicted molar refractivity (Wildman–Crippen MR) is 192 cm³/mol. The van der Waals surface area contributed by atoms with E-state index in [-0.39, 0.29) is 0 Å². The zero-order chi connectivity index (χ0) is 31.2. The summed E-state index contributed by atoms with van der Waals surface area (Å²) < 4.78 is 0. The molecule has 0 amide bonds. The van der Waals surface area contributed by atoms with Crippen LogP contribution in [0.3, 0.4) is 0 Å². The van der Waals surface area contributed by atoms with Crippen molar-refractivity contribution in [1.82, 2.24) is 0 Å². The van der Waals surface area contributed by atoms with Gasteiger partial charge in [-0.25, -0.2) is 0 Å². The molecule has 0 heteroatoms. The van der Waals surface area contributed by atoms with Gasteiger partial charge in [0, 0.05) is 0 Å². The normalized spacial score (nSPS) is 12.4. The average Bonchev–Trinajstić information content (AvgIpc) is 3.69.